The molecule has 2 aliphatic rings. The summed E-state index contributed by atoms with van der Waals surface area (Å²) >= 11 is 0. The summed E-state index contributed by atoms with van der Waals surface area (Å²) in [7, 11) is 1.82. The summed E-state index contributed by atoms with van der Waals surface area (Å²) in [4.78, 5) is 26.2. The van der Waals surface area contributed by atoms with Crippen LogP contribution in [0.15, 0.2) is 53.8 Å². The van der Waals surface area contributed by atoms with Crippen molar-refractivity contribution in [3.8, 4) is 28.3 Å². The van der Waals surface area contributed by atoms with E-state index in [1.165, 1.54) is 23.0 Å². The first-order valence-electron chi connectivity index (χ1n) is 12.4. The lowest BCUT2D eigenvalue weighted by molar-refractivity contribution is -0.0315. The Balaban J connectivity index is 1.36. The number of rotatable bonds is 6. The summed E-state index contributed by atoms with van der Waals surface area (Å²) in [6.07, 6.45) is 6.04. The quantitative estimate of drug-likeness (QED) is 0.383. The van der Waals surface area contributed by atoms with Crippen LogP contribution < -0.4 is 5.56 Å². The molecule has 1 N–H and O–H groups in total. The molecule has 5 aromatic rings. The molecule has 7 rings (SSSR count). The van der Waals surface area contributed by atoms with Gasteiger partial charge < -0.3 is 14.3 Å². The van der Waals surface area contributed by atoms with Crippen LogP contribution in [0.2, 0.25) is 0 Å². The number of H-pyrrole nitrogens is 1. The second kappa shape index (κ2) is 8.45. The Morgan fingerprint density at radius 2 is 1.97 bits per heavy atom. The van der Waals surface area contributed by atoms with Gasteiger partial charge >= 0.3 is 0 Å². The maximum atomic E-state index is 14.3. The highest BCUT2D eigenvalue weighted by molar-refractivity contribution is 5.82. The molecule has 1 aromatic carbocycles. The molecular weight excluding hydrogens is 473 g/mol. The van der Waals surface area contributed by atoms with Crippen LogP contribution in [0.3, 0.4) is 0 Å². The molecule has 37 heavy (non-hydrogen) atoms. The van der Waals surface area contributed by atoms with Crippen LogP contribution in [0.4, 0.5) is 4.39 Å². The van der Waals surface area contributed by atoms with E-state index in [4.69, 9.17) is 9.72 Å². The third-order valence-electron chi connectivity index (χ3n) is 7.13. The molecule has 1 saturated heterocycles. The molecule has 1 aliphatic carbocycles. The zero-order chi connectivity index (χ0) is 25.1. The highest BCUT2D eigenvalue weighted by Gasteiger charge is 2.27. The SMILES string of the molecule is Cn1cnnc1-c1cc(F)ccc1-c1cc(C2CC2)nc(-n2cnc3cc(CC4COC4)[nH]c3c2=O)c1. The van der Waals surface area contributed by atoms with Gasteiger partial charge in [-0.3, -0.25) is 4.79 Å². The smallest absolute Gasteiger partial charge is 0.283 e. The van der Waals surface area contributed by atoms with Gasteiger partial charge in [0.05, 0.1) is 18.7 Å². The minimum Gasteiger partial charge on any atom is -0.381 e. The molecule has 0 atom stereocenters. The van der Waals surface area contributed by atoms with Gasteiger partial charge in [0.2, 0.25) is 0 Å². The summed E-state index contributed by atoms with van der Waals surface area (Å²) in [6, 6.07) is 10.4. The lowest BCUT2D eigenvalue weighted by Gasteiger charge is -2.25. The van der Waals surface area contributed by atoms with Crippen LogP contribution in [0.5, 0.6) is 0 Å². The molecule has 0 unspecified atom stereocenters. The first kappa shape index (κ1) is 22.1. The van der Waals surface area contributed by atoms with E-state index >= 15 is 0 Å². The first-order valence-corrected chi connectivity index (χ1v) is 12.4. The number of aryl methyl sites for hydroxylation is 1. The molecule has 0 amide bonds. The number of fused-ring (bicyclic) bond motifs is 1. The van der Waals surface area contributed by atoms with Crippen molar-refractivity contribution in [3.05, 3.63) is 76.6 Å². The van der Waals surface area contributed by atoms with E-state index in [1.807, 2.05) is 25.2 Å². The normalized spacial score (nSPS) is 15.8. The molecule has 0 bridgehead atoms. The molecule has 0 radical (unpaired) electrons. The fraction of sp³-hybridized carbons (Fsp3) is 0.296. The monoisotopic (exact) mass is 497 g/mol. The molecule has 10 heteroatoms. The van der Waals surface area contributed by atoms with Gasteiger partial charge in [-0.05, 0) is 60.7 Å². The molecular formula is C27H24FN7O2. The number of nitrogens with zero attached hydrogens (tertiary/aromatic N) is 6. The van der Waals surface area contributed by atoms with Crippen LogP contribution in [0, 0.1) is 11.7 Å². The van der Waals surface area contributed by atoms with Crippen molar-refractivity contribution in [2.45, 2.75) is 25.2 Å². The predicted molar refractivity (Wildman–Crippen MR) is 135 cm³/mol. The summed E-state index contributed by atoms with van der Waals surface area (Å²) in [5.74, 6) is 1.48. The third-order valence-corrected chi connectivity index (χ3v) is 7.13. The Hall–Kier alpha value is -4.18. The van der Waals surface area contributed by atoms with Crippen molar-refractivity contribution in [2.75, 3.05) is 13.2 Å². The minimum absolute atomic E-state index is 0.208. The van der Waals surface area contributed by atoms with Gasteiger partial charge in [-0.15, -0.1) is 10.2 Å². The Morgan fingerprint density at radius 1 is 1.11 bits per heavy atom. The van der Waals surface area contributed by atoms with Crippen LogP contribution in [0.25, 0.3) is 39.4 Å². The number of aromatic nitrogens is 7. The molecule has 5 heterocycles. The maximum absolute atomic E-state index is 14.3. The van der Waals surface area contributed by atoms with Crippen molar-refractivity contribution < 1.29 is 9.13 Å². The number of nitrogens with one attached hydrogen (secondary N) is 1. The number of hydrogen-bond acceptors (Lipinski definition) is 6. The predicted octanol–water partition coefficient (Wildman–Crippen LogP) is 3.78. The van der Waals surface area contributed by atoms with Crippen molar-refractivity contribution >= 4 is 11.0 Å². The minimum atomic E-state index is -0.361. The Bertz CT molecular complexity index is 1710. The summed E-state index contributed by atoms with van der Waals surface area (Å²) in [6.45, 7) is 1.49. The fourth-order valence-electron chi connectivity index (χ4n) is 4.93. The van der Waals surface area contributed by atoms with Crippen molar-refractivity contribution in [2.24, 2.45) is 13.0 Å². The second-order valence-corrected chi connectivity index (χ2v) is 9.95. The average Bonchev–Trinajstić information content (AvgIpc) is 3.50. The Kier molecular flexibility index (Phi) is 5.03. The highest BCUT2D eigenvalue weighted by atomic mass is 19.1. The lowest BCUT2D eigenvalue weighted by atomic mass is 9.98. The summed E-state index contributed by atoms with van der Waals surface area (Å²) in [5.41, 5.74) is 5.01. The molecule has 1 aliphatic heterocycles. The van der Waals surface area contributed by atoms with Crippen LogP contribution in [0.1, 0.15) is 30.1 Å². The molecule has 2 fully saturated rings. The standard InChI is InChI=1S/C27H24FN7O2/c1-34-14-30-33-26(34)21-9-18(28)4-5-20(21)17-7-22(16-2-3-16)32-24(8-17)35-13-29-23-10-19(6-15-11-37-12-15)31-25(23)27(35)36/h4-5,7-10,13-16,31H,2-3,6,11-12H2,1H3. The van der Waals surface area contributed by atoms with Crippen LogP contribution in [-0.4, -0.2) is 47.5 Å². The van der Waals surface area contributed by atoms with E-state index in [2.05, 4.69) is 20.2 Å². The molecule has 0 spiro atoms. The van der Waals surface area contributed by atoms with Gasteiger partial charge in [0.15, 0.2) is 5.82 Å². The Morgan fingerprint density at radius 3 is 2.70 bits per heavy atom. The molecule has 4 aromatic heterocycles. The van der Waals surface area contributed by atoms with Crippen LogP contribution >= 0.6 is 0 Å². The van der Waals surface area contributed by atoms with Gasteiger partial charge in [0, 0.05) is 35.8 Å². The third kappa shape index (κ3) is 3.93. The van der Waals surface area contributed by atoms with E-state index < -0.39 is 0 Å². The van der Waals surface area contributed by atoms with E-state index in [-0.39, 0.29) is 11.4 Å². The van der Waals surface area contributed by atoms with Crippen LogP contribution in [-0.2, 0) is 18.2 Å². The van der Waals surface area contributed by atoms with Gasteiger partial charge in [-0.1, -0.05) is 6.07 Å². The number of benzene rings is 1. The van der Waals surface area contributed by atoms with Gasteiger partial charge in [0.1, 0.15) is 29.8 Å². The van der Waals surface area contributed by atoms with E-state index in [0.717, 1.165) is 55.0 Å². The van der Waals surface area contributed by atoms with Gasteiger partial charge in [-0.2, -0.15) is 0 Å². The van der Waals surface area contributed by atoms with Gasteiger partial charge in [0.25, 0.3) is 5.56 Å². The number of halogens is 1. The van der Waals surface area contributed by atoms with Gasteiger partial charge in [-0.25, -0.2) is 18.9 Å². The zero-order valence-electron chi connectivity index (χ0n) is 20.2. The lowest BCUT2D eigenvalue weighted by Crippen LogP contribution is -2.29. The number of ether oxygens (including phenoxy) is 1. The number of hydrogen-bond donors (Lipinski definition) is 1. The molecule has 1 saturated carbocycles. The average molecular weight is 498 g/mol. The first-order chi connectivity index (χ1) is 18.0. The van der Waals surface area contributed by atoms with E-state index in [1.54, 1.807) is 17.0 Å². The second-order valence-electron chi connectivity index (χ2n) is 9.95. The van der Waals surface area contributed by atoms with E-state index in [9.17, 15) is 9.18 Å². The number of aromatic amines is 1. The largest absolute Gasteiger partial charge is 0.381 e. The topological polar surface area (TPSA) is 104 Å². The fourth-order valence-corrected chi connectivity index (χ4v) is 4.93. The maximum Gasteiger partial charge on any atom is 0.283 e. The van der Waals surface area contributed by atoms with Crippen molar-refractivity contribution in [3.63, 3.8) is 0 Å². The van der Waals surface area contributed by atoms with E-state index in [0.29, 0.717) is 40.1 Å². The summed E-state index contributed by atoms with van der Waals surface area (Å²) < 4.78 is 22.8. The highest BCUT2D eigenvalue weighted by Crippen LogP contribution is 2.41. The molecule has 9 nitrogen and oxygen atoms in total. The zero-order valence-corrected chi connectivity index (χ0v) is 20.2. The Labute approximate surface area is 211 Å². The molecule has 186 valence electrons. The van der Waals surface area contributed by atoms with Crippen molar-refractivity contribution in [1.29, 1.82) is 0 Å². The number of pyridine rings is 1. The summed E-state index contributed by atoms with van der Waals surface area (Å²) in [5, 5.41) is 8.17. The van der Waals surface area contributed by atoms with Crippen molar-refractivity contribution in [1.82, 2.24) is 34.3 Å².